The highest BCUT2D eigenvalue weighted by Gasteiger charge is 2.25. The van der Waals surface area contributed by atoms with Gasteiger partial charge in [-0.3, -0.25) is 0 Å². The summed E-state index contributed by atoms with van der Waals surface area (Å²) in [5.41, 5.74) is 16.4. The minimum absolute atomic E-state index is 0.0938. The molecule has 0 heterocycles. The minimum Gasteiger partial charge on any atom is -0.374 e. The Morgan fingerprint density at radius 1 is 1.04 bits per heavy atom. The average Bonchev–Trinajstić information content (AvgIpc) is 2.58. The lowest BCUT2D eigenvalue weighted by Crippen LogP contribution is -2.21. The molecule has 4 heteroatoms. The van der Waals surface area contributed by atoms with Crippen LogP contribution in [0.4, 0.5) is 0 Å². The van der Waals surface area contributed by atoms with Crippen molar-refractivity contribution in [3.05, 3.63) is 70.8 Å². The molecular weight excluding hydrogens is 288 g/mol. The van der Waals surface area contributed by atoms with Crippen LogP contribution in [-0.4, -0.2) is 19.8 Å². The first-order valence-corrected chi connectivity index (χ1v) is 8.09. The molecule has 23 heavy (non-hydrogen) atoms. The Morgan fingerprint density at radius 2 is 1.83 bits per heavy atom. The molecule has 0 aliphatic heterocycles. The molecular formula is C19H24N2O2. The molecule has 0 spiro atoms. The van der Waals surface area contributed by atoms with E-state index in [1.54, 1.807) is 0 Å². The Morgan fingerprint density at radius 3 is 2.57 bits per heavy atom. The molecule has 2 atom stereocenters. The summed E-state index contributed by atoms with van der Waals surface area (Å²) in [4.78, 5) is 0. The quantitative estimate of drug-likeness (QED) is 0.735. The van der Waals surface area contributed by atoms with E-state index in [-0.39, 0.29) is 12.1 Å². The van der Waals surface area contributed by atoms with E-state index >= 15 is 0 Å². The van der Waals surface area contributed by atoms with Gasteiger partial charge in [-0.1, -0.05) is 48.5 Å². The molecule has 0 fully saturated rings. The van der Waals surface area contributed by atoms with Crippen LogP contribution in [0.1, 0.15) is 34.4 Å². The predicted octanol–water partition coefficient (Wildman–Crippen LogP) is 2.48. The van der Waals surface area contributed by atoms with E-state index in [1.165, 1.54) is 11.1 Å². The number of benzene rings is 2. The van der Waals surface area contributed by atoms with Crippen molar-refractivity contribution in [3.63, 3.8) is 0 Å². The standard InChI is InChI=1S/C19H24N2O2/c20-12-18(21)15-7-5-14(6-8-15)13-22-9-10-23-19-11-16-3-1-2-4-17(16)19/h1-8,18-19H,9-13,20-21H2. The van der Waals surface area contributed by atoms with Crippen molar-refractivity contribution in [1.82, 2.24) is 0 Å². The normalized spacial score (nSPS) is 17.4. The molecule has 0 amide bonds. The third kappa shape index (κ3) is 3.98. The summed E-state index contributed by atoms with van der Waals surface area (Å²) < 4.78 is 11.5. The van der Waals surface area contributed by atoms with Crippen molar-refractivity contribution in [3.8, 4) is 0 Å². The third-order valence-corrected chi connectivity index (χ3v) is 4.28. The van der Waals surface area contributed by atoms with E-state index in [1.807, 2.05) is 24.3 Å². The molecule has 2 unspecified atom stereocenters. The number of fused-ring (bicyclic) bond motifs is 1. The van der Waals surface area contributed by atoms with Crippen LogP contribution >= 0.6 is 0 Å². The molecule has 0 aromatic heterocycles. The van der Waals surface area contributed by atoms with Crippen LogP contribution in [0.15, 0.2) is 48.5 Å². The van der Waals surface area contributed by atoms with Crippen LogP contribution in [0.25, 0.3) is 0 Å². The maximum absolute atomic E-state index is 5.89. The molecule has 122 valence electrons. The molecule has 4 N–H and O–H groups in total. The Balaban J connectivity index is 1.34. The molecule has 1 aliphatic rings. The molecule has 4 nitrogen and oxygen atoms in total. The second-order valence-electron chi connectivity index (χ2n) is 5.90. The minimum atomic E-state index is -0.0938. The van der Waals surface area contributed by atoms with Gasteiger partial charge in [0.1, 0.15) is 0 Å². The van der Waals surface area contributed by atoms with Crippen molar-refractivity contribution in [2.45, 2.75) is 25.2 Å². The van der Waals surface area contributed by atoms with Crippen LogP contribution in [0.3, 0.4) is 0 Å². The van der Waals surface area contributed by atoms with Gasteiger partial charge in [-0.2, -0.15) is 0 Å². The Labute approximate surface area is 137 Å². The first-order chi connectivity index (χ1) is 11.3. The van der Waals surface area contributed by atoms with Crippen LogP contribution in [0, 0.1) is 0 Å². The fraction of sp³-hybridized carbons (Fsp3) is 0.368. The van der Waals surface area contributed by atoms with E-state index in [0.29, 0.717) is 26.4 Å². The summed E-state index contributed by atoms with van der Waals surface area (Å²) >= 11 is 0. The second-order valence-corrected chi connectivity index (χ2v) is 5.90. The molecule has 3 rings (SSSR count). The SMILES string of the molecule is NCC(N)c1ccc(COCCOC2Cc3ccccc32)cc1. The van der Waals surface area contributed by atoms with Gasteiger partial charge in [-0.25, -0.2) is 0 Å². The number of hydrogen-bond acceptors (Lipinski definition) is 4. The summed E-state index contributed by atoms with van der Waals surface area (Å²) in [5.74, 6) is 0. The monoisotopic (exact) mass is 312 g/mol. The van der Waals surface area contributed by atoms with Gasteiger partial charge >= 0.3 is 0 Å². The Bertz CT molecular complexity index is 628. The van der Waals surface area contributed by atoms with Gasteiger partial charge in [0.15, 0.2) is 0 Å². The number of ether oxygens (including phenoxy) is 2. The van der Waals surface area contributed by atoms with E-state index in [2.05, 4.69) is 24.3 Å². The smallest absolute Gasteiger partial charge is 0.0869 e. The van der Waals surface area contributed by atoms with Crippen molar-refractivity contribution < 1.29 is 9.47 Å². The lowest BCUT2D eigenvalue weighted by Gasteiger charge is -2.29. The lowest BCUT2D eigenvalue weighted by atomic mass is 9.85. The maximum Gasteiger partial charge on any atom is 0.0869 e. The summed E-state index contributed by atoms with van der Waals surface area (Å²) in [6, 6.07) is 16.4. The zero-order valence-electron chi connectivity index (χ0n) is 13.3. The zero-order chi connectivity index (χ0) is 16.1. The summed E-state index contributed by atoms with van der Waals surface area (Å²) in [5, 5.41) is 0. The average molecular weight is 312 g/mol. The molecule has 0 bridgehead atoms. The highest BCUT2D eigenvalue weighted by molar-refractivity contribution is 5.38. The maximum atomic E-state index is 5.89. The van der Waals surface area contributed by atoms with E-state index < -0.39 is 0 Å². The topological polar surface area (TPSA) is 70.5 Å². The van der Waals surface area contributed by atoms with Gasteiger partial charge in [0.05, 0.1) is 25.9 Å². The largest absolute Gasteiger partial charge is 0.374 e. The Kier molecular flexibility index (Phi) is 5.41. The summed E-state index contributed by atoms with van der Waals surface area (Å²) in [7, 11) is 0. The molecule has 1 aliphatic carbocycles. The van der Waals surface area contributed by atoms with Gasteiger partial charge in [-0.05, 0) is 22.3 Å². The fourth-order valence-corrected chi connectivity index (χ4v) is 2.80. The summed E-state index contributed by atoms with van der Waals surface area (Å²) in [6.07, 6.45) is 1.26. The highest BCUT2D eigenvalue weighted by atomic mass is 16.5. The number of hydrogen-bond donors (Lipinski definition) is 2. The van der Waals surface area contributed by atoms with E-state index in [9.17, 15) is 0 Å². The molecule has 2 aromatic rings. The first kappa shape index (κ1) is 16.1. The van der Waals surface area contributed by atoms with Crippen LogP contribution in [-0.2, 0) is 22.5 Å². The molecule has 2 aromatic carbocycles. The lowest BCUT2D eigenvalue weighted by molar-refractivity contribution is -0.0100. The Hall–Kier alpha value is -1.72. The van der Waals surface area contributed by atoms with Crippen molar-refractivity contribution in [2.75, 3.05) is 19.8 Å². The number of nitrogens with two attached hydrogens (primary N) is 2. The molecule has 0 radical (unpaired) electrons. The second kappa shape index (κ2) is 7.70. The van der Waals surface area contributed by atoms with Gasteiger partial charge in [0, 0.05) is 19.0 Å². The van der Waals surface area contributed by atoms with Gasteiger partial charge < -0.3 is 20.9 Å². The van der Waals surface area contributed by atoms with E-state index in [4.69, 9.17) is 20.9 Å². The van der Waals surface area contributed by atoms with Gasteiger partial charge in [0.2, 0.25) is 0 Å². The van der Waals surface area contributed by atoms with Crippen molar-refractivity contribution in [2.24, 2.45) is 11.5 Å². The number of rotatable bonds is 8. The van der Waals surface area contributed by atoms with Gasteiger partial charge in [0.25, 0.3) is 0 Å². The van der Waals surface area contributed by atoms with Crippen LogP contribution in [0.2, 0.25) is 0 Å². The fourth-order valence-electron chi connectivity index (χ4n) is 2.80. The predicted molar refractivity (Wildman–Crippen MR) is 90.9 cm³/mol. The molecule has 0 saturated carbocycles. The zero-order valence-corrected chi connectivity index (χ0v) is 13.3. The third-order valence-electron chi connectivity index (χ3n) is 4.28. The van der Waals surface area contributed by atoms with Crippen molar-refractivity contribution >= 4 is 0 Å². The highest BCUT2D eigenvalue weighted by Crippen LogP contribution is 2.35. The molecule has 0 saturated heterocycles. The first-order valence-electron chi connectivity index (χ1n) is 8.09. The van der Waals surface area contributed by atoms with Crippen molar-refractivity contribution in [1.29, 1.82) is 0 Å². The van der Waals surface area contributed by atoms with Crippen LogP contribution in [0.5, 0.6) is 0 Å². The van der Waals surface area contributed by atoms with Gasteiger partial charge in [-0.15, -0.1) is 0 Å². The van der Waals surface area contributed by atoms with Crippen LogP contribution < -0.4 is 11.5 Å². The van der Waals surface area contributed by atoms with E-state index in [0.717, 1.165) is 17.5 Å². The summed E-state index contributed by atoms with van der Waals surface area (Å²) in [6.45, 7) is 2.26.